The molecular formula is C15H20N4O2. The Balaban J connectivity index is 1.94. The molecule has 1 amide bonds. The van der Waals surface area contributed by atoms with Gasteiger partial charge in [0.25, 0.3) is 0 Å². The van der Waals surface area contributed by atoms with Crippen molar-refractivity contribution in [2.75, 3.05) is 31.1 Å². The summed E-state index contributed by atoms with van der Waals surface area (Å²) in [6, 6.07) is 1.78. The predicted molar refractivity (Wildman–Crippen MR) is 80.0 cm³/mol. The monoisotopic (exact) mass is 288 g/mol. The third kappa shape index (κ3) is 4.09. The standard InChI is InChI=1S/C15H20N4O2/c1-5-12-10-13(17-11-16-12)18-6-8-19(9-7-18)14(20)21-15(2,3)4/h1,10-11H,6-9H2,2-4H3. The molecule has 1 aromatic rings. The van der Waals surface area contributed by atoms with Crippen LogP contribution in [0.15, 0.2) is 12.4 Å². The maximum absolute atomic E-state index is 12.0. The second-order valence-corrected chi connectivity index (χ2v) is 5.86. The van der Waals surface area contributed by atoms with Crippen LogP contribution in [0.25, 0.3) is 0 Å². The molecule has 1 aliphatic heterocycles. The van der Waals surface area contributed by atoms with Crippen molar-refractivity contribution >= 4 is 11.9 Å². The molecule has 21 heavy (non-hydrogen) atoms. The number of aromatic nitrogens is 2. The van der Waals surface area contributed by atoms with Gasteiger partial charge in [-0.05, 0) is 20.8 Å². The smallest absolute Gasteiger partial charge is 0.410 e. The molecule has 0 unspecified atom stereocenters. The maximum Gasteiger partial charge on any atom is 0.410 e. The Bertz CT molecular complexity index is 552. The molecule has 0 atom stereocenters. The number of piperazine rings is 1. The summed E-state index contributed by atoms with van der Waals surface area (Å²) in [6.45, 7) is 8.19. The Kier molecular flexibility index (Phi) is 4.32. The summed E-state index contributed by atoms with van der Waals surface area (Å²) in [6.07, 6.45) is 6.53. The van der Waals surface area contributed by atoms with Gasteiger partial charge in [0.05, 0.1) is 0 Å². The Hall–Kier alpha value is -2.29. The minimum Gasteiger partial charge on any atom is -0.444 e. The quantitative estimate of drug-likeness (QED) is 0.733. The molecular weight excluding hydrogens is 268 g/mol. The number of rotatable bonds is 1. The average molecular weight is 288 g/mol. The highest BCUT2D eigenvalue weighted by Crippen LogP contribution is 2.16. The zero-order chi connectivity index (χ0) is 15.5. The van der Waals surface area contributed by atoms with Crippen LogP contribution in [-0.4, -0.2) is 52.7 Å². The van der Waals surface area contributed by atoms with Gasteiger partial charge >= 0.3 is 6.09 Å². The lowest BCUT2D eigenvalue weighted by molar-refractivity contribution is 0.0240. The molecule has 0 radical (unpaired) electrons. The minimum absolute atomic E-state index is 0.269. The number of anilines is 1. The number of carbonyl (C=O) groups is 1. The molecule has 0 N–H and O–H groups in total. The second-order valence-electron chi connectivity index (χ2n) is 5.86. The first-order valence-electron chi connectivity index (χ1n) is 6.90. The zero-order valence-corrected chi connectivity index (χ0v) is 12.7. The van der Waals surface area contributed by atoms with Crippen LogP contribution in [0.2, 0.25) is 0 Å². The minimum atomic E-state index is -0.470. The maximum atomic E-state index is 12.0. The fourth-order valence-electron chi connectivity index (χ4n) is 2.04. The Morgan fingerprint density at radius 1 is 1.29 bits per heavy atom. The van der Waals surface area contributed by atoms with Gasteiger partial charge in [0, 0.05) is 32.2 Å². The van der Waals surface area contributed by atoms with E-state index in [9.17, 15) is 4.79 Å². The molecule has 1 saturated heterocycles. The van der Waals surface area contributed by atoms with Gasteiger partial charge in [-0.3, -0.25) is 0 Å². The van der Waals surface area contributed by atoms with E-state index in [0.29, 0.717) is 31.9 Å². The van der Waals surface area contributed by atoms with Crippen molar-refractivity contribution in [2.45, 2.75) is 26.4 Å². The number of amides is 1. The van der Waals surface area contributed by atoms with E-state index in [-0.39, 0.29) is 6.09 Å². The molecule has 1 aromatic heterocycles. The van der Waals surface area contributed by atoms with Crippen LogP contribution in [0.5, 0.6) is 0 Å². The van der Waals surface area contributed by atoms with Crippen LogP contribution in [0.3, 0.4) is 0 Å². The van der Waals surface area contributed by atoms with Gasteiger partial charge in [-0.2, -0.15) is 0 Å². The lowest BCUT2D eigenvalue weighted by atomic mass is 10.2. The summed E-state index contributed by atoms with van der Waals surface area (Å²) in [7, 11) is 0. The number of terminal acetylenes is 1. The highest BCUT2D eigenvalue weighted by molar-refractivity contribution is 5.68. The molecule has 0 aromatic carbocycles. The molecule has 0 bridgehead atoms. The van der Waals surface area contributed by atoms with Crippen LogP contribution in [0.4, 0.5) is 10.6 Å². The number of carbonyl (C=O) groups excluding carboxylic acids is 1. The van der Waals surface area contributed by atoms with Crippen molar-refractivity contribution < 1.29 is 9.53 Å². The predicted octanol–water partition coefficient (Wildman–Crippen LogP) is 1.52. The van der Waals surface area contributed by atoms with E-state index in [1.54, 1.807) is 11.0 Å². The van der Waals surface area contributed by atoms with Crippen molar-refractivity contribution in [3.63, 3.8) is 0 Å². The molecule has 2 heterocycles. The number of hydrogen-bond donors (Lipinski definition) is 0. The van der Waals surface area contributed by atoms with E-state index in [1.807, 2.05) is 20.8 Å². The van der Waals surface area contributed by atoms with Crippen molar-refractivity contribution in [1.82, 2.24) is 14.9 Å². The molecule has 2 rings (SSSR count). The van der Waals surface area contributed by atoms with Gasteiger partial charge in [0.2, 0.25) is 0 Å². The number of nitrogens with zero attached hydrogens (tertiary/aromatic N) is 4. The number of ether oxygens (including phenoxy) is 1. The largest absolute Gasteiger partial charge is 0.444 e. The molecule has 6 nitrogen and oxygen atoms in total. The average Bonchev–Trinajstić information content (AvgIpc) is 2.46. The van der Waals surface area contributed by atoms with Gasteiger partial charge in [-0.15, -0.1) is 6.42 Å². The highest BCUT2D eigenvalue weighted by atomic mass is 16.6. The molecule has 6 heteroatoms. The second kappa shape index (κ2) is 6.00. The molecule has 112 valence electrons. The Morgan fingerprint density at radius 3 is 2.52 bits per heavy atom. The van der Waals surface area contributed by atoms with Gasteiger partial charge in [0.15, 0.2) is 0 Å². The summed E-state index contributed by atoms with van der Waals surface area (Å²) in [5, 5.41) is 0. The van der Waals surface area contributed by atoms with E-state index in [2.05, 4.69) is 20.8 Å². The fourth-order valence-corrected chi connectivity index (χ4v) is 2.04. The summed E-state index contributed by atoms with van der Waals surface area (Å²) in [4.78, 5) is 24.0. The SMILES string of the molecule is C#Cc1cc(N2CCN(C(=O)OC(C)(C)C)CC2)ncn1. The van der Waals surface area contributed by atoms with Crippen LogP contribution < -0.4 is 4.90 Å². The van der Waals surface area contributed by atoms with Crippen molar-refractivity contribution in [3.8, 4) is 12.3 Å². The van der Waals surface area contributed by atoms with Gasteiger partial charge in [-0.1, -0.05) is 5.92 Å². The third-order valence-corrected chi connectivity index (χ3v) is 3.06. The molecule has 0 saturated carbocycles. The lowest BCUT2D eigenvalue weighted by Crippen LogP contribution is -2.50. The Labute approximate surface area is 125 Å². The molecule has 0 spiro atoms. The Morgan fingerprint density at radius 2 is 1.95 bits per heavy atom. The first-order valence-corrected chi connectivity index (χ1v) is 6.90. The van der Waals surface area contributed by atoms with Gasteiger partial charge in [0.1, 0.15) is 23.4 Å². The van der Waals surface area contributed by atoms with Crippen molar-refractivity contribution in [2.24, 2.45) is 0 Å². The highest BCUT2D eigenvalue weighted by Gasteiger charge is 2.26. The van der Waals surface area contributed by atoms with Crippen LogP contribution >= 0.6 is 0 Å². The number of hydrogen-bond acceptors (Lipinski definition) is 5. The van der Waals surface area contributed by atoms with E-state index in [0.717, 1.165) is 5.82 Å². The molecule has 0 aliphatic carbocycles. The van der Waals surface area contributed by atoms with E-state index >= 15 is 0 Å². The normalized spacial score (nSPS) is 15.5. The summed E-state index contributed by atoms with van der Waals surface area (Å²) in [5.74, 6) is 3.29. The van der Waals surface area contributed by atoms with E-state index < -0.39 is 5.60 Å². The zero-order valence-electron chi connectivity index (χ0n) is 12.7. The van der Waals surface area contributed by atoms with Crippen LogP contribution in [0, 0.1) is 12.3 Å². The topological polar surface area (TPSA) is 58.6 Å². The van der Waals surface area contributed by atoms with Crippen molar-refractivity contribution in [3.05, 3.63) is 18.1 Å². The van der Waals surface area contributed by atoms with Crippen LogP contribution in [-0.2, 0) is 4.74 Å². The molecule has 1 fully saturated rings. The van der Waals surface area contributed by atoms with Gasteiger partial charge in [-0.25, -0.2) is 14.8 Å². The molecule has 1 aliphatic rings. The van der Waals surface area contributed by atoms with Crippen molar-refractivity contribution in [1.29, 1.82) is 0 Å². The van der Waals surface area contributed by atoms with E-state index in [4.69, 9.17) is 11.2 Å². The van der Waals surface area contributed by atoms with Crippen LogP contribution in [0.1, 0.15) is 26.5 Å². The fraction of sp³-hybridized carbons (Fsp3) is 0.533. The summed E-state index contributed by atoms with van der Waals surface area (Å²) in [5.41, 5.74) is 0.0947. The van der Waals surface area contributed by atoms with E-state index in [1.165, 1.54) is 6.33 Å². The first kappa shape index (κ1) is 15.1. The third-order valence-electron chi connectivity index (χ3n) is 3.06. The first-order chi connectivity index (χ1) is 9.89. The van der Waals surface area contributed by atoms with Gasteiger partial charge < -0.3 is 14.5 Å². The summed E-state index contributed by atoms with van der Waals surface area (Å²) < 4.78 is 5.37. The lowest BCUT2D eigenvalue weighted by Gasteiger charge is -2.36. The summed E-state index contributed by atoms with van der Waals surface area (Å²) >= 11 is 0.